The zero-order chi connectivity index (χ0) is 17.2. The van der Waals surface area contributed by atoms with E-state index in [1.165, 1.54) is 17.0 Å². The van der Waals surface area contributed by atoms with E-state index in [-0.39, 0.29) is 35.7 Å². The summed E-state index contributed by atoms with van der Waals surface area (Å²) in [6.45, 7) is 0.588. The van der Waals surface area contributed by atoms with Gasteiger partial charge in [0, 0.05) is 13.1 Å². The summed E-state index contributed by atoms with van der Waals surface area (Å²) < 4.78 is 0. The highest BCUT2D eigenvalue weighted by Gasteiger charge is 2.51. The number of aromatic hydroxyl groups is 1. The standard InChI is InChI=1S/C17H21N3O4/c21-13-7-2-1-6-12(13)14(22)18-10-5-11-20-15(23)17(19-16(20)24)8-3-4-9-17/h1-2,6-7,21H,3-5,8-11H2,(H,18,22)(H,19,24). The lowest BCUT2D eigenvalue weighted by molar-refractivity contribution is -0.131. The SMILES string of the molecule is O=C(NCCCN1C(=O)NC2(CCCC2)C1=O)c1ccccc1O. The summed E-state index contributed by atoms with van der Waals surface area (Å²) in [6, 6.07) is 5.95. The maximum atomic E-state index is 12.5. The highest BCUT2D eigenvalue weighted by atomic mass is 16.3. The highest BCUT2D eigenvalue weighted by Crippen LogP contribution is 2.34. The number of urea groups is 1. The molecule has 1 aromatic carbocycles. The van der Waals surface area contributed by atoms with Crippen LogP contribution < -0.4 is 10.6 Å². The fourth-order valence-corrected chi connectivity index (χ4v) is 3.40. The lowest BCUT2D eigenvalue weighted by atomic mass is 9.98. The molecule has 1 aliphatic heterocycles. The van der Waals surface area contributed by atoms with Crippen LogP contribution in [-0.2, 0) is 4.79 Å². The Hall–Kier alpha value is -2.57. The number of phenols is 1. The molecule has 24 heavy (non-hydrogen) atoms. The molecule has 0 radical (unpaired) electrons. The minimum Gasteiger partial charge on any atom is -0.507 e. The van der Waals surface area contributed by atoms with Crippen molar-refractivity contribution in [2.45, 2.75) is 37.6 Å². The first-order valence-corrected chi connectivity index (χ1v) is 8.24. The van der Waals surface area contributed by atoms with Crippen LogP contribution in [-0.4, -0.2) is 46.5 Å². The maximum Gasteiger partial charge on any atom is 0.325 e. The van der Waals surface area contributed by atoms with Crippen LogP contribution in [0.15, 0.2) is 24.3 Å². The van der Waals surface area contributed by atoms with Crippen molar-refractivity contribution in [2.24, 2.45) is 0 Å². The van der Waals surface area contributed by atoms with E-state index in [1.807, 2.05) is 0 Å². The number of phenolic OH excluding ortho intramolecular Hbond substituents is 1. The minimum absolute atomic E-state index is 0.0766. The zero-order valence-electron chi connectivity index (χ0n) is 13.4. The third-order valence-electron chi connectivity index (χ3n) is 4.70. The van der Waals surface area contributed by atoms with Gasteiger partial charge in [-0.3, -0.25) is 14.5 Å². The predicted molar refractivity (Wildman–Crippen MR) is 86.5 cm³/mol. The van der Waals surface area contributed by atoms with Crippen LogP contribution in [0.3, 0.4) is 0 Å². The zero-order valence-corrected chi connectivity index (χ0v) is 13.4. The molecule has 0 aromatic heterocycles. The maximum absolute atomic E-state index is 12.5. The molecule has 7 nitrogen and oxygen atoms in total. The Balaban J connectivity index is 1.48. The number of imide groups is 1. The van der Waals surface area contributed by atoms with Gasteiger partial charge in [-0.2, -0.15) is 0 Å². The van der Waals surface area contributed by atoms with Crippen LogP contribution in [0.5, 0.6) is 5.75 Å². The van der Waals surface area contributed by atoms with Gasteiger partial charge < -0.3 is 15.7 Å². The molecular weight excluding hydrogens is 310 g/mol. The van der Waals surface area contributed by atoms with E-state index in [2.05, 4.69) is 10.6 Å². The first kappa shape index (κ1) is 16.3. The van der Waals surface area contributed by atoms with Crippen molar-refractivity contribution in [3.63, 3.8) is 0 Å². The molecule has 0 unspecified atom stereocenters. The van der Waals surface area contributed by atoms with E-state index < -0.39 is 5.54 Å². The molecule has 128 valence electrons. The Morgan fingerprint density at radius 2 is 1.96 bits per heavy atom. The summed E-state index contributed by atoms with van der Waals surface area (Å²) in [7, 11) is 0. The number of rotatable bonds is 5. The van der Waals surface area contributed by atoms with Crippen LogP contribution in [0.2, 0.25) is 0 Å². The number of carbonyl (C=O) groups excluding carboxylic acids is 3. The van der Waals surface area contributed by atoms with Crippen LogP contribution in [0.25, 0.3) is 0 Å². The Bertz CT molecular complexity index is 668. The normalized spacial score (nSPS) is 18.9. The largest absolute Gasteiger partial charge is 0.507 e. The molecule has 1 saturated heterocycles. The average molecular weight is 331 g/mol. The Labute approximate surface area is 140 Å². The van der Waals surface area contributed by atoms with Gasteiger partial charge in [0.15, 0.2) is 0 Å². The molecule has 1 aromatic rings. The first-order valence-electron chi connectivity index (χ1n) is 8.24. The number of para-hydroxylation sites is 1. The van der Waals surface area contributed by atoms with Gasteiger partial charge in [0.1, 0.15) is 11.3 Å². The number of carbonyl (C=O) groups is 3. The van der Waals surface area contributed by atoms with Gasteiger partial charge in [0.05, 0.1) is 5.56 Å². The van der Waals surface area contributed by atoms with Crippen molar-refractivity contribution in [3.05, 3.63) is 29.8 Å². The topological polar surface area (TPSA) is 98.7 Å². The lowest BCUT2D eigenvalue weighted by Gasteiger charge is -2.20. The van der Waals surface area contributed by atoms with Gasteiger partial charge in [-0.15, -0.1) is 0 Å². The molecule has 0 bridgehead atoms. The third-order valence-corrected chi connectivity index (χ3v) is 4.70. The first-order chi connectivity index (χ1) is 11.5. The monoisotopic (exact) mass is 331 g/mol. The fourth-order valence-electron chi connectivity index (χ4n) is 3.40. The molecule has 1 aliphatic carbocycles. The van der Waals surface area contributed by atoms with Crippen molar-refractivity contribution in [3.8, 4) is 5.75 Å². The Kier molecular flexibility index (Phi) is 4.42. The molecule has 2 fully saturated rings. The second kappa shape index (κ2) is 6.51. The molecule has 4 amide bonds. The minimum atomic E-state index is -0.684. The van der Waals surface area contributed by atoms with Crippen LogP contribution in [0.1, 0.15) is 42.5 Å². The van der Waals surface area contributed by atoms with Gasteiger partial charge in [-0.1, -0.05) is 25.0 Å². The van der Waals surface area contributed by atoms with Crippen LogP contribution in [0, 0.1) is 0 Å². The Morgan fingerprint density at radius 3 is 2.67 bits per heavy atom. The lowest BCUT2D eigenvalue weighted by Crippen LogP contribution is -2.44. The quantitative estimate of drug-likeness (QED) is 0.561. The summed E-state index contributed by atoms with van der Waals surface area (Å²) in [5.74, 6) is -0.595. The average Bonchev–Trinajstić information content (AvgIpc) is 3.12. The van der Waals surface area contributed by atoms with Gasteiger partial charge in [0.25, 0.3) is 11.8 Å². The molecule has 3 N–H and O–H groups in total. The van der Waals surface area contributed by atoms with Gasteiger partial charge >= 0.3 is 6.03 Å². The third kappa shape index (κ3) is 2.93. The van der Waals surface area contributed by atoms with Crippen LogP contribution >= 0.6 is 0 Å². The second-order valence-electron chi connectivity index (χ2n) is 6.30. The summed E-state index contributed by atoms with van der Waals surface area (Å²) in [5, 5.41) is 15.1. The number of hydrogen-bond donors (Lipinski definition) is 3. The van der Waals surface area contributed by atoms with E-state index in [4.69, 9.17) is 0 Å². The van der Waals surface area contributed by atoms with Crippen molar-refractivity contribution in [1.29, 1.82) is 0 Å². The van der Waals surface area contributed by atoms with Crippen molar-refractivity contribution in [2.75, 3.05) is 13.1 Å². The van der Waals surface area contributed by atoms with E-state index in [0.717, 1.165) is 12.8 Å². The number of nitrogens with zero attached hydrogens (tertiary/aromatic N) is 1. The fraction of sp³-hybridized carbons (Fsp3) is 0.471. The molecule has 0 atom stereocenters. The van der Waals surface area contributed by atoms with E-state index in [0.29, 0.717) is 25.8 Å². The summed E-state index contributed by atoms with van der Waals surface area (Å²) in [5.41, 5.74) is -0.478. The molecule has 1 heterocycles. The van der Waals surface area contributed by atoms with Gasteiger partial charge in [-0.25, -0.2) is 4.79 Å². The molecule has 3 rings (SSSR count). The summed E-state index contributed by atoms with van der Waals surface area (Å²) >= 11 is 0. The van der Waals surface area contributed by atoms with Crippen molar-refractivity contribution in [1.82, 2.24) is 15.5 Å². The van der Waals surface area contributed by atoms with Gasteiger partial charge in [-0.05, 0) is 31.4 Å². The van der Waals surface area contributed by atoms with E-state index in [1.54, 1.807) is 12.1 Å². The number of amides is 4. The Morgan fingerprint density at radius 1 is 1.25 bits per heavy atom. The van der Waals surface area contributed by atoms with Crippen molar-refractivity contribution < 1.29 is 19.5 Å². The summed E-state index contributed by atoms with van der Waals surface area (Å²) in [4.78, 5) is 37.7. The molecular formula is C17H21N3O4. The number of hydrogen-bond acceptors (Lipinski definition) is 4. The molecule has 1 saturated carbocycles. The van der Waals surface area contributed by atoms with E-state index >= 15 is 0 Å². The van der Waals surface area contributed by atoms with Gasteiger partial charge in [0.2, 0.25) is 0 Å². The number of benzene rings is 1. The predicted octanol–water partition coefficient (Wildman–Crippen LogP) is 1.38. The van der Waals surface area contributed by atoms with Crippen LogP contribution in [0.4, 0.5) is 4.79 Å². The number of nitrogens with one attached hydrogen (secondary N) is 2. The second-order valence-corrected chi connectivity index (χ2v) is 6.30. The molecule has 2 aliphatic rings. The smallest absolute Gasteiger partial charge is 0.325 e. The summed E-state index contributed by atoms with van der Waals surface area (Å²) in [6.07, 6.45) is 3.79. The molecule has 7 heteroatoms. The van der Waals surface area contributed by atoms with E-state index in [9.17, 15) is 19.5 Å². The molecule has 1 spiro atoms. The highest BCUT2D eigenvalue weighted by molar-refractivity contribution is 6.07. The van der Waals surface area contributed by atoms with Crippen molar-refractivity contribution >= 4 is 17.8 Å².